The second kappa shape index (κ2) is 9.22. The summed E-state index contributed by atoms with van der Waals surface area (Å²) in [5.41, 5.74) is 6.46. The molecule has 0 amide bonds. The first-order chi connectivity index (χ1) is 17.6. The molecule has 1 atom stereocenters. The quantitative estimate of drug-likeness (QED) is 0.350. The Kier molecular flexibility index (Phi) is 5.90. The van der Waals surface area contributed by atoms with Crippen molar-refractivity contribution in [3.63, 3.8) is 0 Å². The van der Waals surface area contributed by atoms with Crippen LogP contribution in [-0.2, 0) is 6.42 Å². The summed E-state index contributed by atoms with van der Waals surface area (Å²) in [4.78, 5) is 19.7. The maximum atomic E-state index is 13.9. The maximum absolute atomic E-state index is 13.9. The number of halogens is 1. The first-order valence-corrected chi connectivity index (χ1v) is 13.3. The number of ether oxygens (including phenoxy) is 2. The first kappa shape index (κ1) is 23.0. The highest BCUT2D eigenvalue weighted by atomic mass is 79.9. The molecule has 36 heavy (non-hydrogen) atoms. The maximum Gasteiger partial charge on any atom is 0.271 e. The van der Waals surface area contributed by atoms with Gasteiger partial charge in [0.25, 0.3) is 5.56 Å². The molecule has 1 aliphatic carbocycles. The zero-order chi connectivity index (χ0) is 24.8. The molecule has 3 aromatic carbocycles. The van der Waals surface area contributed by atoms with Gasteiger partial charge in [0, 0.05) is 10.0 Å². The SMILES string of the molecule is COc1cccc([C@H]2C3=C(N=c4s/c(=C/c5cc(OC)ccc5Br)c(=O)n42)c2ccccc2CC3)c1. The van der Waals surface area contributed by atoms with Gasteiger partial charge in [0.05, 0.1) is 30.5 Å². The number of hydrogen-bond donors (Lipinski definition) is 0. The van der Waals surface area contributed by atoms with Crippen molar-refractivity contribution in [1.82, 2.24) is 4.57 Å². The molecular formula is C29H23BrN2O3S. The van der Waals surface area contributed by atoms with Crippen molar-refractivity contribution in [1.29, 1.82) is 0 Å². The van der Waals surface area contributed by atoms with E-state index in [9.17, 15) is 4.79 Å². The molecule has 1 aromatic heterocycles. The number of benzene rings is 3. The topological polar surface area (TPSA) is 52.8 Å². The van der Waals surface area contributed by atoms with Crippen LogP contribution in [0.5, 0.6) is 11.5 Å². The predicted octanol–water partition coefficient (Wildman–Crippen LogP) is 5.10. The molecule has 1 aliphatic heterocycles. The van der Waals surface area contributed by atoms with Gasteiger partial charge in [0.15, 0.2) is 4.80 Å². The normalized spacial score (nSPS) is 16.6. The zero-order valence-corrected chi connectivity index (χ0v) is 22.2. The Morgan fingerprint density at radius 3 is 2.64 bits per heavy atom. The number of methoxy groups -OCH3 is 2. The van der Waals surface area contributed by atoms with Crippen molar-refractivity contribution in [2.45, 2.75) is 18.9 Å². The molecule has 0 N–H and O–H groups in total. The van der Waals surface area contributed by atoms with Crippen molar-refractivity contribution in [3.8, 4) is 11.5 Å². The second-order valence-electron chi connectivity index (χ2n) is 8.78. The third kappa shape index (κ3) is 3.83. The average Bonchev–Trinajstić information content (AvgIpc) is 3.22. The van der Waals surface area contributed by atoms with Gasteiger partial charge in [-0.15, -0.1) is 0 Å². The lowest BCUT2D eigenvalue weighted by atomic mass is 9.83. The third-order valence-electron chi connectivity index (χ3n) is 6.77. The third-order valence-corrected chi connectivity index (χ3v) is 8.48. The van der Waals surface area contributed by atoms with Crippen molar-refractivity contribution < 1.29 is 9.47 Å². The molecular weight excluding hydrogens is 536 g/mol. The van der Waals surface area contributed by atoms with Crippen LogP contribution in [0.4, 0.5) is 0 Å². The summed E-state index contributed by atoms with van der Waals surface area (Å²) in [5, 5.41) is 0. The smallest absolute Gasteiger partial charge is 0.271 e. The molecule has 0 spiro atoms. The van der Waals surface area contributed by atoms with Crippen molar-refractivity contribution >= 4 is 39.0 Å². The fourth-order valence-corrected chi connectivity index (χ4v) is 6.39. The molecule has 2 aliphatic rings. The summed E-state index contributed by atoms with van der Waals surface area (Å²) in [6, 6.07) is 21.9. The lowest BCUT2D eigenvalue weighted by Crippen LogP contribution is -2.38. The molecule has 0 radical (unpaired) electrons. The molecule has 5 nitrogen and oxygen atoms in total. The fraction of sp³-hybridized carbons (Fsp3) is 0.172. The number of rotatable bonds is 4. The van der Waals surface area contributed by atoms with Crippen molar-refractivity contribution in [2.24, 2.45) is 4.99 Å². The highest BCUT2D eigenvalue weighted by Crippen LogP contribution is 2.41. The van der Waals surface area contributed by atoms with E-state index in [2.05, 4.69) is 46.3 Å². The number of nitrogens with zero attached hydrogens (tertiary/aromatic N) is 2. The zero-order valence-electron chi connectivity index (χ0n) is 19.8. The molecule has 2 heterocycles. The second-order valence-corrected chi connectivity index (χ2v) is 10.6. The van der Waals surface area contributed by atoms with Gasteiger partial charge in [-0.25, -0.2) is 4.99 Å². The van der Waals surface area contributed by atoms with E-state index in [-0.39, 0.29) is 11.6 Å². The molecule has 4 aromatic rings. The van der Waals surface area contributed by atoms with Crippen LogP contribution in [-0.4, -0.2) is 18.8 Å². The molecule has 0 saturated heterocycles. The number of aryl methyl sites for hydroxylation is 1. The van der Waals surface area contributed by atoms with Crippen LogP contribution < -0.4 is 24.4 Å². The van der Waals surface area contributed by atoms with E-state index in [1.165, 1.54) is 22.5 Å². The van der Waals surface area contributed by atoms with Crippen LogP contribution >= 0.6 is 27.3 Å². The summed E-state index contributed by atoms with van der Waals surface area (Å²) >= 11 is 5.03. The van der Waals surface area contributed by atoms with E-state index >= 15 is 0 Å². The number of thiazole rings is 1. The summed E-state index contributed by atoms with van der Waals surface area (Å²) < 4.78 is 14.3. The van der Waals surface area contributed by atoms with E-state index in [0.29, 0.717) is 9.33 Å². The molecule has 0 fully saturated rings. The minimum Gasteiger partial charge on any atom is -0.497 e. The van der Waals surface area contributed by atoms with Crippen LogP contribution in [0.2, 0.25) is 0 Å². The van der Waals surface area contributed by atoms with Gasteiger partial charge in [0.1, 0.15) is 11.5 Å². The number of hydrogen-bond acceptors (Lipinski definition) is 5. The van der Waals surface area contributed by atoms with Gasteiger partial charge in [-0.2, -0.15) is 0 Å². The molecule has 6 rings (SSSR count). The van der Waals surface area contributed by atoms with Gasteiger partial charge < -0.3 is 9.47 Å². The largest absolute Gasteiger partial charge is 0.497 e. The number of aromatic nitrogens is 1. The molecule has 0 saturated carbocycles. The van der Waals surface area contributed by atoms with Gasteiger partial charge in [-0.3, -0.25) is 9.36 Å². The predicted molar refractivity (Wildman–Crippen MR) is 146 cm³/mol. The van der Waals surface area contributed by atoms with Crippen LogP contribution in [0, 0.1) is 0 Å². The number of allylic oxidation sites excluding steroid dienone is 1. The molecule has 180 valence electrons. The van der Waals surface area contributed by atoms with Gasteiger partial charge in [-0.05, 0) is 71.5 Å². The summed E-state index contributed by atoms with van der Waals surface area (Å²) in [6.45, 7) is 0. The molecule has 0 bridgehead atoms. The Bertz CT molecular complexity index is 1720. The summed E-state index contributed by atoms with van der Waals surface area (Å²) in [7, 11) is 3.30. The standard InChI is InChI=1S/C29H23BrN2O3S/c1-34-20-8-5-7-18(14-20)27-23-12-10-17-6-3-4-9-22(17)26(23)31-29-32(27)28(33)25(36-29)16-19-15-21(35-2)11-13-24(19)30/h3-9,11,13-16,27H,10,12H2,1-2H3/b25-16+/t27-/m0/s1. The summed E-state index contributed by atoms with van der Waals surface area (Å²) in [6.07, 6.45) is 3.69. The number of fused-ring (bicyclic) bond motifs is 3. The lowest BCUT2D eigenvalue weighted by Gasteiger charge is -2.31. The van der Waals surface area contributed by atoms with E-state index in [1.54, 1.807) is 14.2 Å². The minimum absolute atomic E-state index is 0.0494. The lowest BCUT2D eigenvalue weighted by molar-refractivity contribution is 0.413. The Hall–Kier alpha value is -3.42. The fourth-order valence-electron chi connectivity index (χ4n) is 5.03. The van der Waals surface area contributed by atoms with Gasteiger partial charge >= 0.3 is 0 Å². The monoisotopic (exact) mass is 558 g/mol. The summed E-state index contributed by atoms with van der Waals surface area (Å²) in [5.74, 6) is 1.50. The highest BCUT2D eigenvalue weighted by molar-refractivity contribution is 9.10. The molecule has 7 heteroatoms. The Labute approximate surface area is 220 Å². The minimum atomic E-state index is -0.240. The Morgan fingerprint density at radius 1 is 1.00 bits per heavy atom. The Balaban J connectivity index is 1.62. The highest BCUT2D eigenvalue weighted by Gasteiger charge is 2.32. The average molecular weight is 559 g/mol. The van der Waals surface area contributed by atoms with E-state index in [4.69, 9.17) is 14.5 Å². The van der Waals surface area contributed by atoms with Crippen LogP contribution in [0.3, 0.4) is 0 Å². The van der Waals surface area contributed by atoms with E-state index in [1.807, 2.05) is 47.0 Å². The van der Waals surface area contributed by atoms with Gasteiger partial charge in [-0.1, -0.05) is 63.7 Å². The van der Waals surface area contributed by atoms with E-state index < -0.39 is 0 Å². The van der Waals surface area contributed by atoms with E-state index in [0.717, 1.165) is 51.2 Å². The van der Waals surface area contributed by atoms with Gasteiger partial charge in [0.2, 0.25) is 0 Å². The van der Waals surface area contributed by atoms with Crippen molar-refractivity contribution in [2.75, 3.05) is 14.2 Å². The molecule has 0 unspecified atom stereocenters. The van der Waals surface area contributed by atoms with Crippen molar-refractivity contribution in [3.05, 3.63) is 119 Å². The Morgan fingerprint density at radius 2 is 1.81 bits per heavy atom. The van der Waals surface area contributed by atoms with Crippen LogP contribution in [0.25, 0.3) is 11.8 Å². The van der Waals surface area contributed by atoms with Crippen LogP contribution in [0.15, 0.2) is 86.6 Å². The van der Waals surface area contributed by atoms with Crippen LogP contribution in [0.1, 0.15) is 34.7 Å². The first-order valence-electron chi connectivity index (χ1n) is 11.7.